The molecule has 17 heavy (non-hydrogen) atoms. The van der Waals surface area contributed by atoms with Gasteiger partial charge in [0.2, 0.25) is 0 Å². The van der Waals surface area contributed by atoms with Gasteiger partial charge in [-0.25, -0.2) is 0 Å². The number of hydrogen-bond donors (Lipinski definition) is 1. The van der Waals surface area contributed by atoms with E-state index < -0.39 is 0 Å². The Kier molecular flexibility index (Phi) is 5.04. The van der Waals surface area contributed by atoms with E-state index in [1.54, 1.807) is 7.11 Å². The maximum absolute atomic E-state index is 5.51. The number of ether oxygens (including phenoxy) is 1. The smallest absolute Gasteiger partial charge is 0.169 e. The SMILES string of the molecule is COC1CCCN(C(=S)NC2CCCCC2)C1. The van der Waals surface area contributed by atoms with Crippen molar-refractivity contribution in [2.24, 2.45) is 0 Å². The monoisotopic (exact) mass is 256 g/mol. The summed E-state index contributed by atoms with van der Waals surface area (Å²) >= 11 is 5.51. The molecule has 2 rings (SSSR count). The van der Waals surface area contributed by atoms with E-state index in [0.717, 1.165) is 18.2 Å². The van der Waals surface area contributed by atoms with Crippen LogP contribution < -0.4 is 5.32 Å². The van der Waals surface area contributed by atoms with Crippen LogP contribution in [0.15, 0.2) is 0 Å². The molecule has 0 amide bonds. The third kappa shape index (κ3) is 3.81. The van der Waals surface area contributed by atoms with Gasteiger partial charge in [0.25, 0.3) is 0 Å². The lowest BCUT2D eigenvalue weighted by molar-refractivity contribution is 0.0531. The summed E-state index contributed by atoms with van der Waals surface area (Å²) in [5.74, 6) is 0. The minimum atomic E-state index is 0.356. The van der Waals surface area contributed by atoms with Crippen LogP contribution >= 0.6 is 12.2 Å². The molecule has 1 saturated heterocycles. The van der Waals surface area contributed by atoms with Crippen molar-refractivity contribution in [1.29, 1.82) is 0 Å². The number of nitrogens with one attached hydrogen (secondary N) is 1. The van der Waals surface area contributed by atoms with E-state index in [0.29, 0.717) is 12.1 Å². The second-order valence-electron chi connectivity index (χ2n) is 5.23. The maximum Gasteiger partial charge on any atom is 0.169 e. The molecule has 4 heteroatoms. The van der Waals surface area contributed by atoms with E-state index in [-0.39, 0.29) is 0 Å². The van der Waals surface area contributed by atoms with Gasteiger partial charge >= 0.3 is 0 Å². The lowest BCUT2D eigenvalue weighted by Gasteiger charge is -2.36. The molecule has 0 bridgehead atoms. The zero-order valence-electron chi connectivity index (χ0n) is 10.8. The minimum Gasteiger partial charge on any atom is -0.380 e. The molecule has 2 aliphatic rings. The van der Waals surface area contributed by atoms with Crippen LogP contribution in [0.5, 0.6) is 0 Å². The van der Waals surface area contributed by atoms with Crippen LogP contribution in [0.1, 0.15) is 44.9 Å². The van der Waals surface area contributed by atoms with Gasteiger partial charge in [0.1, 0.15) is 0 Å². The second-order valence-corrected chi connectivity index (χ2v) is 5.62. The highest BCUT2D eigenvalue weighted by atomic mass is 32.1. The second kappa shape index (κ2) is 6.55. The lowest BCUT2D eigenvalue weighted by atomic mass is 9.96. The van der Waals surface area contributed by atoms with E-state index in [9.17, 15) is 0 Å². The number of likely N-dealkylation sites (tertiary alicyclic amines) is 1. The van der Waals surface area contributed by atoms with Crippen molar-refractivity contribution < 1.29 is 4.74 Å². The summed E-state index contributed by atoms with van der Waals surface area (Å²) in [6.45, 7) is 2.04. The zero-order chi connectivity index (χ0) is 12.1. The molecule has 1 aliphatic heterocycles. The normalized spacial score (nSPS) is 26.9. The number of thiocarbonyl (C=S) groups is 1. The number of piperidine rings is 1. The molecule has 2 fully saturated rings. The van der Waals surface area contributed by atoms with Crippen LogP contribution in [0.3, 0.4) is 0 Å². The molecular weight excluding hydrogens is 232 g/mol. The fourth-order valence-corrected chi connectivity index (χ4v) is 3.16. The number of rotatable bonds is 2. The van der Waals surface area contributed by atoms with Crippen molar-refractivity contribution in [2.75, 3.05) is 20.2 Å². The van der Waals surface area contributed by atoms with Gasteiger partial charge in [-0.15, -0.1) is 0 Å². The Morgan fingerprint density at radius 3 is 2.65 bits per heavy atom. The van der Waals surface area contributed by atoms with Gasteiger partial charge in [0.05, 0.1) is 6.10 Å². The zero-order valence-corrected chi connectivity index (χ0v) is 11.6. The molecule has 1 saturated carbocycles. The number of nitrogens with zero attached hydrogens (tertiary/aromatic N) is 1. The first kappa shape index (κ1) is 13.1. The van der Waals surface area contributed by atoms with E-state index in [2.05, 4.69) is 10.2 Å². The number of hydrogen-bond acceptors (Lipinski definition) is 2. The van der Waals surface area contributed by atoms with Crippen LogP contribution in [-0.2, 0) is 4.74 Å². The molecular formula is C13H24N2OS. The summed E-state index contributed by atoms with van der Waals surface area (Å²) in [5.41, 5.74) is 0. The fraction of sp³-hybridized carbons (Fsp3) is 0.923. The molecule has 1 N–H and O–H groups in total. The predicted octanol–water partition coefficient (Wildman–Crippen LogP) is 2.30. The van der Waals surface area contributed by atoms with E-state index in [4.69, 9.17) is 17.0 Å². The van der Waals surface area contributed by atoms with E-state index >= 15 is 0 Å². The molecule has 0 spiro atoms. The van der Waals surface area contributed by atoms with Gasteiger partial charge in [-0.2, -0.15) is 0 Å². The highest BCUT2D eigenvalue weighted by Gasteiger charge is 2.23. The third-order valence-corrected chi connectivity index (χ3v) is 4.31. The lowest BCUT2D eigenvalue weighted by Crippen LogP contribution is -2.50. The van der Waals surface area contributed by atoms with Gasteiger partial charge in [-0.05, 0) is 37.9 Å². The van der Waals surface area contributed by atoms with Crippen molar-refractivity contribution in [3.63, 3.8) is 0 Å². The van der Waals surface area contributed by atoms with Crippen LogP contribution in [0, 0.1) is 0 Å². The van der Waals surface area contributed by atoms with Crippen LogP contribution in [0.2, 0.25) is 0 Å². The Labute approximate surface area is 110 Å². The highest BCUT2D eigenvalue weighted by Crippen LogP contribution is 2.18. The Morgan fingerprint density at radius 1 is 1.18 bits per heavy atom. The Balaban J connectivity index is 1.78. The highest BCUT2D eigenvalue weighted by molar-refractivity contribution is 7.80. The number of methoxy groups -OCH3 is 1. The van der Waals surface area contributed by atoms with E-state index in [1.807, 2.05) is 0 Å². The van der Waals surface area contributed by atoms with Crippen molar-refractivity contribution in [2.45, 2.75) is 57.1 Å². The molecule has 98 valence electrons. The standard InChI is InChI=1S/C13H24N2OS/c1-16-12-8-5-9-15(10-12)13(17)14-11-6-3-2-4-7-11/h11-12H,2-10H2,1H3,(H,14,17). The average molecular weight is 256 g/mol. The molecule has 1 atom stereocenters. The maximum atomic E-state index is 5.51. The quantitative estimate of drug-likeness (QED) is 0.766. The van der Waals surface area contributed by atoms with Crippen LogP contribution in [0.25, 0.3) is 0 Å². The van der Waals surface area contributed by atoms with Crippen molar-refractivity contribution in [3.8, 4) is 0 Å². The molecule has 0 aromatic carbocycles. The fourth-order valence-electron chi connectivity index (χ4n) is 2.83. The Morgan fingerprint density at radius 2 is 1.94 bits per heavy atom. The third-order valence-electron chi connectivity index (χ3n) is 3.93. The van der Waals surface area contributed by atoms with Crippen LogP contribution in [0.4, 0.5) is 0 Å². The first-order valence-corrected chi connectivity index (χ1v) is 7.28. The average Bonchev–Trinajstić information content (AvgIpc) is 2.40. The molecule has 3 nitrogen and oxygen atoms in total. The minimum absolute atomic E-state index is 0.356. The summed E-state index contributed by atoms with van der Waals surface area (Å²) in [6, 6.07) is 0.610. The molecule has 1 heterocycles. The van der Waals surface area contributed by atoms with Gasteiger partial charge in [-0.1, -0.05) is 19.3 Å². The van der Waals surface area contributed by atoms with Gasteiger partial charge < -0.3 is 15.0 Å². The predicted molar refractivity (Wildman–Crippen MR) is 74.2 cm³/mol. The summed E-state index contributed by atoms with van der Waals surface area (Å²) in [5, 5.41) is 4.48. The Bertz CT molecular complexity index is 254. The first-order valence-electron chi connectivity index (χ1n) is 6.88. The first-order chi connectivity index (χ1) is 8.29. The van der Waals surface area contributed by atoms with E-state index in [1.165, 1.54) is 44.9 Å². The summed E-state index contributed by atoms with van der Waals surface area (Å²) in [4.78, 5) is 2.28. The largest absolute Gasteiger partial charge is 0.380 e. The topological polar surface area (TPSA) is 24.5 Å². The van der Waals surface area contributed by atoms with Gasteiger partial charge in [0, 0.05) is 26.2 Å². The van der Waals surface area contributed by atoms with Crippen molar-refractivity contribution in [3.05, 3.63) is 0 Å². The molecule has 0 radical (unpaired) electrons. The molecule has 1 unspecified atom stereocenters. The Hall–Kier alpha value is -0.350. The molecule has 1 aliphatic carbocycles. The molecule has 0 aromatic heterocycles. The summed E-state index contributed by atoms with van der Waals surface area (Å²) < 4.78 is 5.43. The van der Waals surface area contributed by atoms with Gasteiger partial charge in [0.15, 0.2) is 5.11 Å². The van der Waals surface area contributed by atoms with Crippen LogP contribution in [-0.4, -0.2) is 42.4 Å². The van der Waals surface area contributed by atoms with Gasteiger partial charge in [-0.3, -0.25) is 0 Å². The molecule has 0 aromatic rings. The van der Waals surface area contributed by atoms with Crippen molar-refractivity contribution >= 4 is 17.3 Å². The summed E-state index contributed by atoms with van der Waals surface area (Å²) in [7, 11) is 1.80. The van der Waals surface area contributed by atoms with Crippen molar-refractivity contribution in [1.82, 2.24) is 10.2 Å². The summed E-state index contributed by atoms with van der Waals surface area (Å²) in [6.07, 6.45) is 9.35.